The zero-order valence-electron chi connectivity index (χ0n) is 8.67. The van der Waals surface area contributed by atoms with Crippen LogP contribution < -0.4 is 11.1 Å². The molecular formula is C9H18N2O3. The summed E-state index contributed by atoms with van der Waals surface area (Å²) < 4.78 is 0. The van der Waals surface area contributed by atoms with E-state index in [1.165, 1.54) is 6.92 Å². The van der Waals surface area contributed by atoms with Gasteiger partial charge in [-0.25, -0.2) is 4.79 Å². The van der Waals surface area contributed by atoms with Crippen molar-refractivity contribution >= 4 is 11.9 Å². The third-order valence-corrected chi connectivity index (χ3v) is 1.16. The molecule has 0 aromatic heterocycles. The van der Waals surface area contributed by atoms with E-state index in [1.807, 2.05) is 6.92 Å². The maximum atomic E-state index is 10.1. The molecular weight excluding hydrogens is 184 g/mol. The number of nitrogens with one attached hydrogen (secondary N) is 1. The average Bonchev–Trinajstić information content (AvgIpc) is 2.05. The third-order valence-electron chi connectivity index (χ3n) is 1.16. The second-order valence-corrected chi connectivity index (χ2v) is 2.66. The fourth-order valence-corrected chi connectivity index (χ4v) is 0.388. The molecule has 0 saturated heterocycles. The molecule has 0 aliphatic carbocycles. The lowest BCUT2D eigenvalue weighted by Gasteiger charge is -1.94. The average molecular weight is 202 g/mol. The van der Waals surface area contributed by atoms with E-state index in [4.69, 9.17) is 10.8 Å². The highest BCUT2D eigenvalue weighted by atomic mass is 16.4. The molecule has 0 aromatic carbocycles. The molecule has 1 amide bonds. The standard InChI is InChI=1S/C5H12N2O.C4H6O2/c1-2-7-4-3-5(6)8;1-3(2)4(5)6/h7H,2-4H2,1H3,(H2,6,8);1H2,2H3,(H,5,6). The first-order valence-electron chi connectivity index (χ1n) is 4.29. The van der Waals surface area contributed by atoms with Crippen molar-refractivity contribution < 1.29 is 14.7 Å². The van der Waals surface area contributed by atoms with Crippen LogP contribution in [0.3, 0.4) is 0 Å². The number of amides is 1. The van der Waals surface area contributed by atoms with Crippen LogP contribution in [-0.4, -0.2) is 30.1 Å². The van der Waals surface area contributed by atoms with Crippen molar-refractivity contribution in [3.8, 4) is 0 Å². The summed E-state index contributed by atoms with van der Waals surface area (Å²) >= 11 is 0. The van der Waals surface area contributed by atoms with Gasteiger partial charge >= 0.3 is 5.97 Å². The fourth-order valence-electron chi connectivity index (χ4n) is 0.388. The van der Waals surface area contributed by atoms with Gasteiger partial charge in [0, 0.05) is 18.5 Å². The molecule has 14 heavy (non-hydrogen) atoms. The molecule has 0 heterocycles. The number of hydrogen-bond donors (Lipinski definition) is 3. The van der Waals surface area contributed by atoms with E-state index in [9.17, 15) is 9.59 Å². The lowest BCUT2D eigenvalue weighted by molar-refractivity contribution is -0.132. The van der Waals surface area contributed by atoms with Crippen LogP contribution in [0.15, 0.2) is 12.2 Å². The summed E-state index contributed by atoms with van der Waals surface area (Å²) in [5.74, 6) is -1.18. The second-order valence-electron chi connectivity index (χ2n) is 2.66. The SMILES string of the molecule is C=C(C)C(=O)O.CCNCCC(N)=O. The van der Waals surface area contributed by atoms with Crippen molar-refractivity contribution in [2.75, 3.05) is 13.1 Å². The zero-order chi connectivity index (χ0) is 11.6. The molecule has 4 N–H and O–H groups in total. The molecule has 0 atom stereocenters. The molecule has 5 nitrogen and oxygen atoms in total. The smallest absolute Gasteiger partial charge is 0.330 e. The first-order chi connectivity index (χ1) is 6.41. The van der Waals surface area contributed by atoms with Crippen LogP contribution in [0.1, 0.15) is 20.3 Å². The van der Waals surface area contributed by atoms with Gasteiger partial charge in [0.25, 0.3) is 0 Å². The maximum absolute atomic E-state index is 10.1. The number of primary amides is 1. The first-order valence-corrected chi connectivity index (χ1v) is 4.29. The van der Waals surface area contributed by atoms with Gasteiger partial charge in [-0.2, -0.15) is 0 Å². The summed E-state index contributed by atoms with van der Waals surface area (Å²) in [5, 5.41) is 10.9. The van der Waals surface area contributed by atoms with Gasteiger partial charge in [0.2, 0.25) is 5.91 Å². The van der Waals surface area contributed by atoms with Crippen molar-refractivity contribution in [1.29, 1.82) is 0 Å². The fraction of sp³-hybridized carbons (Fsp3) is 0.556. The zero-order valence-corrected chi connectivity index (χ0v) is 8.67. The topological polar surface area (TPSA) is 92.4 Å². The number of carbonyl (C=O) groups is 2. The molecule has 0 fully saturated rings. The van der Waals surface area contributed by atoms with Crippen molar-refractivity contribution in [2.45, 2.75) is 20.3 Å². The summed E-state index contributed by atoms with van der Waals surface area (Å²) in [7, 11) is 0. The largest absolute Gasteiger partial charge is 0.478 e. The van der Waals surface area contributed by atoms with Gasteiger partial charge in [0.1, 0.15) is 0 Å². The Morgan fingerprint density at radius 2 is 1.93 bits per heavy atom. The molecule has 0 aliphatic rings. The Bertz CT molecular complexity index is 190. The Labute approximate surface area is 84.0 Å². The summed E-state index contributed by atoms with van der Waals surface area (Å²) in [6, 6.07) is 0. The monoisotopic (exact) mass is 202 g/mol. The van der Waals surface area contributed by atoms with Crippen molar-refractivity contribution in [2.24, 2.45) is 5.73 Å². The van der Waals surface area contributed by atoms with Crippen LogP contribution in [0, 0.1) is 0 Å². The minimum Gasteiger partial charge on any atom is -0.478 e. The number of rotatable bonds is 5. The Morgan fingerprint density at radius 1 is 1.50 bits per heavy atom. The normalized spacial score (nSPS) is 8.43. The van der Waals surface area contributed by atoms with Crippen LogP contribution in [0.2, 0.25) is 0 Å². The molecule has 0 rings (SSSR count). The minimum atomic E-state index is -0.935. The Hall–Kier alpha value is -1.36. The highest BCUT2D eigenvalue weighted by Crippen LogP contribution is 1.81. The van der Waals surface area contributed by atoms with E-state index < -0.39 is 5.97 Å². The van der Waals surface area contributed by atoms with Gasteiger partial charge in [-0.1, -0.05) is 13.5 Å². The molecule has 82 valence electrons. The predicted octanol–water partition coefficient (Wildman–Crippen LogP) is 0.118. The van der Waals surface area contributed by atoms with Gasteiger partial charge in [-0.05, 0) is 13.5 Å². The lowest BCUT2D eigenvalue weighted by Crippen LogP contribution is -2.21. The van der Waals surface area contributed by atoms with Crippen LogP contribution >= 0.6 is 0 Å². The van der Waals surface area contributed by atoms with E-state index in [2.05, 4.69) is 11.9 Å². The third kappa shape index (κ3) is 16.9. The molecule has 0 aromatic rings. The maximum Gasteiger partial charge on any atom is 0.330 e. The molecule has 0 radical (unpaired) electrons. The summed E-state index contributed by atoms with van der Waals surface area (Å²) in [6.07, 6.45) is 0.438. The van der Waals surface area contributed by atoms with Crippen molar-refractivity contribution in [1.82, 2.24) is 5.32 Å². The highest BCUT2D eigenvalue weighted by Gasteiger charge is 1.90. The van der Waals surface area contributed by atoms with E-state index in [0.29, 0.717) is 13.0 Å². The van der Waals surface area contributed by atoms with Gasteiger partial charge < -0.3 is 16.2 Å². The number of aliphatic carboxylic acids is 1. The molecule has 5 heteroatoms. The first kappa shape index (κ1) is 15.1. The second kappa shape index (κ2) is 9.73. The summed E-state index contributed by atoms with van der Waals surface area (Å²) in [4.78, 5) is 19.7. The predicted molar refractivity (Wildman–Crippen MR) is 54.8 cm³/mol. The highest BCUT2D eigenvalue weighted by molar-refractivity contribution is 5.84. The number of carboxylic acids is 1. The van der Waals surface area contributed by atoms with Crippen LogP contribution in [0.25, 0.3) is 0 Å². The van der Waals surface area contributed by atoms with Gasteiger partial charge in [0.15, 0.2) is 0 Å². The quantitative estimate of drug-likeness (QED) is 0.436. The Morgan fingerprint density at radius 3 is 2.14 bits per heavy atom. The molecule has 0 aliphatic heterocycles. The molecule has 0 unspecified atom stereocenters. The van der Waals surface area contributed by atoms with Gasteiger partial charge in [-0.3, -0.25) is 4.79 Å². The Balaban J connectivity index is 0. The number of carbonyl (C=O) groups excluding carboxylic acids is 1. The molecule has 0 spiro atoms. The van der Waals surface area contributed by atoms with Crippen LogP contribution in [-0.2, 0) is 9.59 Å². The summed E-state index contributed by atoms with van der Waals surface area (Å²) in [6.45, 7) is 8.19. The minimum absolute atomic E-state index is 0.176. The van der Waals surface area contributed by atoms with Gasteiger partial charge in [-0.15, -0.1) is 0 Å². The molecule has 0 bridgehead atoms. The Kier molecular flexibility index (Phi) is 10.5. The lowest BCUT2D eigenvalue weighted by atomic mass is 10.4. The molecule has 0 saturated carbocycles. The van der Waals surface area contributed by atoms with Crippen molar-refractivity contribution in [3.63, 3.8) is 0 Å². The number of carboxylic acid groups (broad SMARTS) is 1. The van der Waals surface area contributed by atoms with E-state index >= 15 is 0 Å². The van der Waals surface area contributed by atoms with Crippen LogP contribution in [0.5, 0.6) is 0 Å². The van der Waals surface area contributed by atoms with Gasteiger partial charge in [0.05, 0.1) is 0 Å². The van der Waals surface area contributed by atoms with E-state index in [0.717, 1.165) is 6.54 Å². The number of nitrogens with two attached hydrogens (primary N) is 1. The summed E-state index contributed by atoms with van der Waals surface area (Å²) in [5.41, 5.74) is 5.03. The van der Waals surface area contributed by atoms with E-state index in [1.54, 1.807) is 0 Å². The van der Waals surface area contributed by atoms with Crippen molar-refractivity contribution in [3.05, 3.63) is 12.2 Å². The van der Waals surface area contributed by atoms with E-state index in [-0.39, 0.29) is 11.5 Å². The number of hydrogen-bond acceptors (Lipinski definition) is 3. The van der Waals surface area contributed by atoms with Crippen LogP contribution in [0.4, 0.5) is 0 Å².